The number of amides is 2. The highest BCUT2D eigenvalue weighted by molar-refractivity contribution is 5.96. The molecule has 2 N–H and O–H groups in total. The number of nitrogens with zero attached hydrogens (tertiary/aromatic N) is 6. The van der Waals surface area contributed by atoms with E-state index >= 15 is 0 Å². The molecule has 0 bridgehead atoms. The first kappa shape index (κ1) is 20.6. The first-order chi connectivity index (χ1) is 14.8. The number of anilines is 1. The lowest BCUT2D eigenvalue weighted by Gasteiger charge is -2.29. The fourth-order valence-corrected chi connectivity index (χ4v) is 3.65. The molecule has 1 saturated heterocycles. The highest BCUT2D eigenvalue weighted by Gasteiger charge is 2.25. The van der Waals surface area contributed by atoms with Crippen LogP contribution in [0.4, 0.5) is 5.95 Å². The van der Waals surface area contributed by atoms with E-state index in [1.54, 1.807) is 25.8 Å². The van der Waals surface area contributed by atoms with Crippen LogP contribution in [0.5, 0.6) is 0 Å². The van der Waals surface area contributed by atoms with Crippen molar-refractivity contribution in [3.8, 4) is 0 Å². The van der Waals surface area contributed by atoms with E-state index in [1.165, 1.54) is 10.9 Å². The Hall–Kier alpha value is -3.70. The van der Waals surface area contributed by atoms with Crippen molar-refractivity contribution in [3.63, 3.8) is 0 Å². The minimum Gasteiger partial charge on any atom is -0.361 e. The molecule has 3 aromatic heterocycles. The van der Waals surface area contributed by atoms with Gasteiger partial charge < -0.3 is 19.6 Å². The maximum absolute atomic E-state index is 13.1. The Morgan fingerprint density at radius 3 is 2.71 bits per heavy atom. The molecule has 0 atom stereocenters. The van der Waals surface area contributed by atoms with Gasteiger partial charge in [0.25, 0.3) is 11.5 Å². The molecule has 164 valence electrons. The van der Waals surface area contributed by atoms with E-state index in [0.29, 0.717) is 60.2 Å². The van der Waals surface area contributed by atoms with Gasteiger partial charge in [0, 0.05) is 46.2 Å². The van der Waals surface area contributed by atoms with Crippen molar-refractivity contribution in [2.75, 3.05) is 37.6 Å². The molecular formula is C19H24N8O4. The Labute approximate surface area is 177 Å². The third-order valence-electron chi connectivity index (χ3n) is 5.38. The Balaban J connectivity index is 1.63. The van der Waals surface area contributed by atoms with Crippen LogP contribution >= 0.6 is 0 Å². The topological polar surface area (TPSA) is 142 Å². The number of carbonyl (C=O) groups is 2. The van der Waals surface area contributed by atoms with Gasteiger partial charge in [-0.3, -0.25) is 24.0 Å². The number of hydrogen-bond donors (Lipinski definition) is 2. The van der Waals surface area contributed by atoms with Crippen LogP contribution < -0.4 is 15.8 Å². The normalized spacial score (nSPS) is 15.9. The number of hydrogen-bond acceptors (Lipinski definition) is 8. The zero-order chi connectivity index (χ0) is 22.1. The minimum absolute atomic E-state index is 0.151. The zero-order valence-corrected chi connectivity index (χ0v) is 17.6. The molecule has 31 heavy (non-hydrogen) atoms. The van der Waals surface area contributed by atoms with E-state index in [2.05, 4.69) is 25.5 Å². The van der Waals surface area contributed by atoms with Crippen LogP contribution in [0.2, 0.25) is 0 Å². The van der Waals surface area contributed by atoms with Gasteiger partial charge in [-0.05, 0) is 13.8 Å². The van der Waals surface area contributed by atoms with Gasteiger partial charge in [-0.2, -0.15) is 10.1 Å². The second-order valence-corrected chi connectivity index (χ2v) is 7.47. The molecule has 0 aromatic carbocycles. The number of aromatic nitrogens is 5. The number of aromatic amines is 1. The Kier molecular flexibility index (Phi) is 5.44. The predicted molar refractivity (Wildman–Crippen MR) is 111 cm³/mol. The molecule has 1 aliphatic rings. The average molecular weight is 428 g/mol. The quantitative estimate of drug-likeness (QED) is 0.568. The molecule has 2 amide bonds. The third-order valence-corrected chi connectivity index (χ3v) is 5.38. The molecule has 12 nitrogen and oxygen atoms in total. The van der Waals surface area contributed by atoms with Crippen LogP contribution in [0, 0.1) is 13.8 Å². The van der Waals surface area contributed by atoms with E-state index < -0.39 is 0 Å². The number of aryl methyl sites for hydroxylation is 3. The zero-order valence-electron chi connectivity index (χ0n) is 17.6. The second kappa shape index (κ2) is 8.20. The maximum atomic E-state index is 13.1. The summed E-state index contributed by atoms with van der Waals surface area (Å²) in [6.07, 6.45) is 1.67. The SMILES string of the molecule is Cc1noc(C)c1C(=O)N1CCC(=O)NCCN(c2nc3c(cnn3C)c(=O)[nH]2)CC1. The van der Waals surface area contributed by atoms with Crippen LogP contribution in [0.25, 0.3) is 11.0 Å². The minimum atomic E-state index is -0.294. The van der Waals surface area contributed by atoms with E-state index in [0.717, 1.165) is 0 Å². The van der Waals surface area contributed by atoms with Crippen molar-refractivity contribution in [2.45, 2.75) is 20.3 Å². The van der Waals surface area contributed by atoms with Crippen molar-refractivity contribution >= 4 is 28.8 Å². The van der Waals surface area contributed by atoms with Gasteiger partial charge in [0.2, 0.25) is 11.9 Å². The van der Waals surface area contributed by atoms with Gasteiger partial charge in [0.15, 0.2) is 5.65 Å². The highest BCUT2D eigenvalue weighted by Crippen LogP contribution is 2.17. The third kappa shape index (κ3) is 4.00. The lowest BCUT2D eigenvalue weighted by molar-refractivity contribution is -0.121. The predicted octanol–water partition coefficient (Wildman–Crippen LogP) is -0.270. The van der Waals surface area contributed by atoms with Crippen LogP contribution in [0.1, 0.15) is 28.2 Å². The van der Waals surface area contributed by atoms with Crippen LogP contribution in [-0.2, 0) is 11.8 Å². The molecule has 4 heterocycles. The lowest BCUT2D eigenvalue weighted by Crippen LogP contribution is -2.46. The summed E-state index contributed by atoms with van der Waals surface area (Å²) in [6, 6.07) is 0. The van der Waals surface area contributed by atoms with Crippen LogP contribution in [0.3, 0.4) is 0 Å². The van der Waals surface area contributed by atoms with E-state index in [-0.39, 0.29) is 30.3 Å². The summed E-state index contributed by atoms with van der Waals surface area (Å²) in [6.45, 7) is 5.22. The molecule has 0 spiro atoms. The molecule has 0 aliphatic carbocycles. The summed E-state index contributed by atoms with van der Waals surface area (Å²) in [4.78, 5) is 48.6. The largest absolute Gasteiger partial charge is 0.361 e. The van der Waals surface area contributed by atoms with E-state index in [4.69, 9.17) is 4.52 Å². The Morgan fingerprint density at radius 1 is 1.16 bits per heavy atom. The average Bonchev–Trinajstić information content (AvgIpc) is 3.28. The summed E-state index contributed by atoms with van der Waals surface area (Å²) in [5.74, 6) is 0.407. The van der Waals surface area contributed by atoms with Crippen molar-refractivity contribution in [1.82, 2.24) is 35.1 Å². The summed E-state index contributed by atoms with van der Waals surface area (Å²) >= 11 is 0. The van der Waals surface area contributed by atoms with Gasteiger partial charge >= 0.3 is 0 Å². The van der Waals surface area contributed by atoms with Gasteiger partial charge in [-0.25, -0.2) is 0 Å². The molecular weight excluding hydrogens is 404 g/mol. The van der Waals surface area contributed by atoms with Crippen LogP contribution in [0.15, 0.2) is 15.5 Å². The summed E-state index contributed by atoms with van der Waals surface area (Å²) in [5.41, 5.74) is 1.09. The molecule has 4 rings (SSSR count). The smallest absolute Gasteiger partial charge is 0.263 e. The van der Waals surface area contributed by atoms with Gasteiger partial charge in [-0.1, -0.05) is 5.16 Å². The fraction of sp³-hybridized carbons (Fsp3) is 0.474. The highest BCUT2D eigenvalue weighted by atomic mass is 16.5. The molecule has 0 radical (unpaired) electrons. The molecule has 0 unspecified atom stereocenters. The summed E-state index contributed by atoms with van der Waals surface area (Å²) in [7, 11) is 1.71. The van der Waals surface area contributed by atoms with Gasteiger partial charge in [-0.15, -0.1) is 0 Å². The Morgan fingerprint density at radius 2 is 1.97 bits per heavy atom. The molecule has 3 aromatic rings. The maximum Gasteiger partial charge on any atom is 0.263 e. The van der Waals surface area contributed by atoms with Crippen molar-refractivity contribution in [2.24, 2.45) is 7.05 Å². The lowest BCUT2D eigenvalue weighted by atomic mass is 10.1. The second-order valence-electron chi connectivity index (χ2n) is 7.47. The van der Waals surface area contributed by atoms with Crippen molar-refractivity contribution in [3.05, 3.63) is 33.6 Å². The first-order valence-electron chi connectivity index (χ1n) is 10.0. The van der Waals surface area contributed by atoms with E-state index in [1.807, 2.05) is 4.90 Å². The summed E-state index contributed by atoms with van der Waals surface area (Å²) < 4.78 is 6.66. The van der Waals surface area contributed by atoms with E-state index in [9.17, 15) is 14.4 Å². The number of carbonyl (C=O) groups excluding carboxylic acids is 2. The first-order valence-corrected chi connectivity index (χ1v) is 10.0. The van der Waals surface area contributed by atoms with Crippen molar-refractivity contribution < 1.29 is 14.1 Å². The number of H-pyrrole nitrogens is 1. The standard InChI is InChI=1S/C19H24N8O4/c1-11-15(12(2)31-24-11)18(30)26-6-4-14(28)20-5-7-27(9-8-26)19-22-16-13(17(29)23-19)10-21-25(16)3/h10H,4-9H2,1-3H3,(H,20,28)(H,22,23,29). The monoisotopic (exact) mass is 428 g/mol. The Bertz CT molecular complexity index is 1170. The molecule has 1 fully saturated rings. The number of nitrogens with one attached hydrogen (secondary N) is 2. The molecule has 0 saturated carbocycles. The summed E-state index contributed by atoms with van der Waals surface area (Å²) in [5, 5.41) is 11.2. The van der Waals surface area contributed by atoms with Gasteiger partial charge in [0.1, 0.15) is 16.7 Å². The molecule has 12 heteroatoms. The molecule has 1 aliphatic heterocycles. The van der Waals surface area contributed by atoms with Crippen LogP contribution in [-0.4, -0.2) is 74.3 Å². The van der Waals surface area contributed by atoms with Gasteiger partial charge in [0.05, 0.1) is 11.9 Å². The number of fused-ring (bicyclic) bond motifs is 1. The number of rotatable bonds is 2. The van der Waals surface area contributed by atoms with Crippen molar-refractivity contribution in [1.29, 1.82) is 0 Å². The fourth-order valence-electron chi connectivity index (χ4n) is 3.65.